The van der Waals surface area contributed by atoms with E-state index in [0.717, 1.165) is 11.1 Å². The van der Waals surface area contributed by atoms with Gasteiger partial charge in [0.25, 0.3) is 0 Å². The first-order chi connectivity index (χ1) is 15.5. The van der Waals surface area contributed by atoms with E-state index in [4.69, 9.17) is 9.15 Å². The highest BCUT2D eigenvalue weighted by Gasteiger charge is 2.24. The van der Waals surface area contributed by atoms with E-state index in [9.17, 15) is 9.59 Å². The molecule has 168 valence electrons. The zero-order chi connectivity index (χ0) is 22.8. The van der Waals surface area contributed by atoms with Gasteiger partial charge in [-0.3, -0.25) is 9.59 Å². The Morgan fingerprint density at radius 1 is 0.844 bits per heavy atom. The van der Waals surface area contributed by atoms with Crippen molar-refractivity contribution in [3.8, 4) is 0 Å². The van der Waals surface area contributed by atoms with Gasteiger partial charge in [-0.1, -0.05) is 60.7 Å². The second-order valence-electron chi connectivity index (χ2n) is 7.91. The molecule has 2 amide bonds. The third kappa shape index (κ3) is 7.10. The van der Waals surface area contributed by atoms with Gasteiger partial charge in [-0.05, 0) is 37.1 Å². The maximum absolute atomic E-state index is 13.2. The third-order valence-electron chi connectivity index (χ3n) is 5.08. The third-order valence-corrected chi connectivity index (χ3v) is 5.08. The van der Waals surface area contributed by atoms with Gasteiger partial charge < -0.3 is 19.0 Å². The summed E-state index contributed by atoms with van der Waals surface area (Å²) in [5.41, 5.74) is 2.01. The van der Waals surface area contributed by atoms with Crippen LogP contribution in [0.25, 0.3) is 0 Å². The van der Waals surface area contributed by atoms with Crippen LogP contribution in [0.1, 0.15) is 30.7 Å². The minimum Gasteiger partial charge on any atom is -0.467 e. The van der Waals surface area contributed by atoms with Gasteiger partial charge in [-0.15, -0.1) is 0 Å². The van der Waals surface area contributed by atoms with Crippen molar-refractivity contribution >= 4 is 11.8 Å². The molecule has 0 saturated heterocycles. The van der Waals surface area contributed by atoms with Crippen molar-refractivity contribution in [1.82, 2.24) is 9.80 Å². The Balaban J connectivity index is 1.63. The van der Waals surface area contributed by atoms with Gasteiger partial charge in [0.05, 0.1) is 19.4 Å². The number of hydrogen-bond donors (Lipinski definition) is 0. The van der Waals surface area contributed by atoms with Crippen LogP contribution in [-0.4, -0.2) is 40.8 Å². The molecule has 0 saturated carbocycles. The average Bonchev–Trinajstić information content (AvgIpc) is 3.31. The molecule has 0 spiro atoms. The number of amides is 2. The second kappa shape index (κ2) is 11.9. The van der Waals surface area contributed by atoms with E-state index in [0.29, 0.717) is 25.5 Å². The monoisotopic (exact) mass is 434 g/mol. The van der Waals surface area contributed by atoms with E-state index in [2.05, 4.69) is 0 Å². The summed E-state index contributed by atoms with van der Waals surface area (Å²) in [6.07, 6.45) is 1.59. The Hall–Kier alpha value is -3.38. The number of carbonyl (C=O) groups is 2. The van der Waals surface area contributed by atoms with Gasteiger partial charge in [0.1, 0.15) is 18.9 Å². The molecular weight excluding hydrogens is 404 g/mol. The van der Waals surface area contributed by atoms with Crippen LogP contribution in [0.5, 0.6) is 0 Å². The van der Waals surface area contributed by atoms with Crippen molar-refractivity contribution in [3.63, 3.8) is 0 Å². The molecule has 0 unspecified atom stereocenters. The quantitative estimate of drug-likeness (QED) is 0.452. The van der Waals surface area contributed by atoms with Crippen molar-refractivity contribution in [1.29, 1.82) is 0 Å². The minimum atomic E-state index is -0.207. The number of benzene rings is 2. The zero-order valence-corrected chi connectivity index (χ0v) is 18.6. The molecule has 2 aromatic carbocycles. The summed E-state index contributed by atoms with van der Waals surface area (Å²) in [7, 11) is 0. The normalized spacial score (nSPS) is 10.8. The van der Waals surface area contributed by atoms with Crippen molar-refractivity contribution in [3.05, 3.63) is 95.9 Å². The van der Waals surface area contributed by atoms with Crippen molar-refractivity contribution in [2.24, 2.45) is 0 Å². The van der Waals surface area contributed by atoms with Crippen LogP contribution < -0.4 is 0 Å². The summed E-state index contributed by atoms with van der Waals surface area (Å²) in [6, 6.07) is 23.0. The lowest BCUT2D eigenvalue weighted by Crippen LogP contribution is -2.46. The lowest BCUT2D eigenvalue weighted by atomic mass is 10.2. The molecule has 32 heavy (non-hydrogen) atoms. The van der Waals surface area contributed by atoms with E-state index in [-0.39, 0.29) is 31.0 Å². The van der Waals surface area contributed by atoms with Crippen molar-refractivity contribution in [2.75, 3.05) is 13.2 Å². The molecule has 0 radical (unpaired) electrons. The average molecular weight is 435 g/mol. The van der Waals surface area contributed by atoms with E-state index >= 15 is 0 Å². The fourth-order valence-electron chi connectivity index (χ4n) is 3.34. The Morgan fingerprint density at radius 2 is 1.50 bits per heavy atom. The van der Waals surface area contributed by atoms with Crippen LogP contribution in [0, 0.1) is 0 Å². The summed E-state index contributed by atoms with van der Waals surface area (Å²) < 4.78 is 11.1. The van der Waals surface area contributed by atoms with Gasteiger partial charge in [0, 0.05) is 12.6 Å². The molecule has 0 aliphatic rings. The Bertz CT molecular complexity index is 956. The maximum atomic E-state index is 13.2. The Kier molecular flexibility index (Phi) is 8.63. The molecule has 0 atom stereocenters. The second-order valence-corrected chi connectivity index (χ2v) is 7.91. The molecule has 0 bridgehead atoms. The molecule has 0 aliphatic carbocycles. The highest BCUT2D eigenvalue weighted by Crippen LogP contribution is 2.13. The Labute approximate surface area is 189 Å². The van der Waals surface area contributed by atoms with Crippen molar-refractivity contribution < 1.29 is 18.7 Å². The van der Waals surface area contributed by atoms with Gasteiger partial charge in [0.2, 0.25) is 11.8 Å². The van der Waals surface area contributed by atoms with E-state index in [1.165, 1.54) is 0 Å². The lowest BCUT2D eigenvalue weighted by molar-refractivity contribution is -0.145. The molecular formula is C26H30N2O4. The summed E-state index contributed by atoms with van der Waals surface area (Å²) in [4.78, 5) is 29.3. The number of nitrogens with zero attached hydrogens (tertiary/aromatic N) is 2. The molecule has 3 rings (SSSR count). The van der Waals surface area contributed by atoms with E-state index in [1.54, 1.807) is 22.1 Å². The van der Waals surface area contributed by atoms with Gasteiger partial charge in [0.15, 0.2) is 0 Å². The van der Waals surface area contributed by atoms with Crippen molar-refractivity contribution in [2.45, 2.75) is 39.6 Å². The van der Waals surface area contributed by atoms with E-state index in [1.807, 2.05) is 80.6 Å². The summed E-state index contributed by atoms with van der Waals surface area (Å²) in [5, 5.41) is 0. The SMILES string of the molecule is CC(C)N(CC(=O)N(Cc1ccccc1)Cc1ccco1)C(=O)COCc1ccccc1. The van der Waals surface area contributed by atoms with Crippen LogP contribution in [-0.2, 0) is 34.0 Å². The first kappa shape index (κ1) is 23.3. The predicted octanol–water partition coefficient (Wildman–Crippen LogP) is 4.26. The van der Waals surface area contributed by atoms with Crippen LogP contribution in [0.15, 0.2) is 83.5 Å². The number of rotatable bonds is 11. The largest absolute Gasteiger partial charge is 0.467 e. The topological polar surface area (TPSA) is 63.0 Å². The molecule has 6 heteroatoms. The number of hydrogen-bond acceptors (Lipinski definition) is 4. The number of furan rings is 1. The molecule has 0 fully saturated rings. The lowest BCUT2D eigenvalue weighted by Gasteiger charge is -2.30. The summed E-state index contributed by atoms with van der Waals surface area (Å²) in [5.74, 6) is 0.347. The molecule has 0 N–H and O–H groups in total. The smallest absolute Gasteiger partial charge is 0.249 e. The van der Waals surface area contributed by atoms with Crippen LogP contribution in [0.3, 0.4) is 0 Å². The van der Waals surface area contributed by atoms with Gasteiger partial charge in [-0.25, -0.2) is 0 Å². The highest BCUT2D eigenvalue weighted by molar-refractivity contribution is 5.85. The Morgan fingerprint density at radius 3 is 2.09 bits per heavy atom. The standard InChI is InChI=1S/C26H30N2O4/c1-21(2)28(26(30)20-31-19-23-12-7-4-8-13-23)18-25(29)27(17-24-14-9-15-32-24)16-22-10-5-3-6-11-22/h3-15,21H,16-20H2,1-2H3. The van der Waals surface area contributed by atoms with E-state index < -0.39 is 0 Å². The van der Waals surface area contributed by atoms with Crippen LogP contribution in [0.2, 0.25) is 0 Å². The molecule has 1 aromatic heterocycles. The fourth-order valence-corrected chi connectivity index (χ4v) is 3.34. The fraction of sp³-hybridized carbons (Fsp3) is 0.308. The van der Waals surface area contributed by atoms with Gasteiger partial charge >= 0.3 is 0 Å². The van der Waals surface area contributed by atoms with Crippen LogP contribution in [0.4, 0.5) is 0 Å². The maximum Gasteiger partial charge on any atom is 0.249 e. The zero-order valence-electron chi connectivity index (χ0n) is 18.6. The number of carbonyl (C=O) groups excluding carboxylic acids is 2. The molecule has 0 aliphatic heterocycles. The first-order valence-electron chi connectivity index (χ1n) is 10.8. The number of ether oxygens (including phenoxy) is 1. The summed E-state index contributed by atoms with van der Waals surface area (Å²) in [6.45, 7) is 4.84. The first-order valence-corrected chi connectivity index (χ1v) is 10.8. The van der Waals surface area contributed by atoms with Gasteiger partial charge in [-0.2, -0.15) is 0 Å². The predicted molar refractivity (Wildman–Crippen MR) is 122 cm³/mol. The van der Waals surface area contributed by atoms with Crippen LogP contribution >= 0.6 is 0 Å². The minimum absolute atomic E-state index is 0.0151. The molecule has 6 nitrogen and oxygen atoms in total. The molecule has 3 aromatic rings. The molecule has 1 heterocycles. The summed E-state index contributed by atoms with van der Waals surface area (Å²) >= 11 is 0. The highest BCUT2D eigenvalue weighted by atomic mass is 16.5.